The average molecular weight is 205 g/mol. The van der Waals surface area contributed by atoms with Crippen molar-refractivity contribution in [3.05, 3.63) is 24.3 Å². The number of hydrogen-bond donors (Lipinski definition) is 0. The second-order valence-corrected chi connectivity index (χ2v) is 4.78. The van der Waals surface area contributed by atoms with Crippen LogP contribution < -0.4 is 0 Å². The van der Waals surface area contributed by atoms with E-state index in [1.165, 1.54) is 5.57 Å². The normalized spacial score (nSPS) is 15.9. The molecule has 0 saturated heterocycles. The number of nitrogens with zero attached hydrogens (tertiary/aromatic N) is 1. The van der Waals surface area contributed by atoms with Gasteiger partial charge in [-0.15, -0.1) is 6.58 Å². The minimum absolute atomic E-state index is 0.253. The third kappa shape index (κ3) is 4.83. The zero-order valence-electron chi connectivity index (χ0n) is 10.5. The molecular formula is C14H23N. The SMILES string of the molecule is C=CCC(C)(C#N)C(C)CCC=C(C)C. The van der Waals surface area contributed by atoms with Gasteiger partial charge in [0.25, 0.3) is 0 Å². The fraction of sp³-hybridized carbons (Fsp3) is 0.643. The van der Waals surface area contributed by atoms with Crippen molar-refractivity contribution in [2.45, 2.75) is 47.0 Å². The zero-order chi connectivity index (χ0) is 11.9. The van der Waals surface area contributed by atoms with Crippen LogP contribution in [0.4, 0.5) is 0 Å². The second kappa shape index (κ2) is 6.45. The van der Waals surface area contributed by atoms with Crippen LogP contribution >= 0.6 is 0 Å². The minimum Gasteiger partial charge on any atom is -0.198 e. The molecule has 15 heavy (non-hydrogen) atoms. The second-order valence-electron chi connectivity index (χ2n) is 4.78. The summed E-state index contributed by atoms with van der Waals surface area (Å²) in [4.78, 5) is 0. The lowest BCUT2D eigenvalue weighted by Gasteiger charge is -2.27. The molecule has 0 aliphatic rings. The van der Waals surface area contributed by atoms with Crippen molar-refractivity contribution in [1.29, 1.82) is 5.26 Å². The smallest absolute Gasteiger partial charge is 0.0692 e. The molecular weight excluding hydrogens is 182 g/mol. The van der Waals surface area contributed by atoms with Crippen molar-refractivity contribution in [2.75, 3.05) is 0 Å². The molecule has 0 bridgehead atoms. The number of hydrogen-bond acceptors (Lipinski definition) is 1. The van der Waals surface area contributed by atoms with E-state index in [0.29, 0.717) is 5.92 Å². The number of nitriles is 1. The maximum absolute atomic E-state index is 9.18. The molecule has 1 nitrogen and oxygen atoms in total. The van der Waals surface area contributed by atoms with Gasteiger partial charge in [-0.05, 0) is 46.0 Å². The molecule has 2 unspecified atom stereocenters. The first-order valence-corrected chi connectivity index (χ1v) is 5.61. The monoisotopic (exact) mass is 205 g/mol. The Labute approximate surface area is 94.5 Å². The highest BCUT2D eigenvalue weighted by atomic mass is 14.4. The summed E-state index contributed by atoms with van der Waals surface area (Å²) in [6.07, 6.45) is 7.00. The molecule has 84 valence electrons. The van der Waals surface area contributed by atoms with Crippen LogP contribution in [0.5, 0.6) is 0 Å². The van der Waals surface area contributed by atoms with Crippen LogP contribution in [0.3, 0.4) is 0 Å². The lowest BCUT2D eigenvalue weighted by atomic mass is 9.74. The fourth-order valence-electron chi connectivity index (χ4n) is 1.60. The molecule has 0 saturated carbocycles. The van der Waals surface area contributed by atoms with E-state index in [4.69, 9.17) is 0 Å². The standard InChI is InChI=1S/C14H23N/c1-6-10-14(5,11-15)13(4)9-7-8-12(2)3/h6,8,13H,1,7,9-10H2,2-5H3. The summed E-state index contributed by atoms with van der Waals surface area (Å²) in [5.74, 6) is 0.413. The summed E-state index contributed by atoms with van der Waals surface area (Å²) >= 11 is 0. The Hall–Kier alpha value is -1.03. The maximum atomic E-state index is 9.18. The van der Waals surface area contributed by atoms with Crippen LogP contribution in [0.1, 0.15) is 47.0 Å². The van der Waals surface area contributed by atoms with Gasteiger partial charge in [-0.25, -0.2) is 0 Å². The third-order valence-corrected chi connectivity index (χ3v) is 3.06. The van der Waals surface area contributed by atoms with E-state index in [2.05, 4.69) is 39.5 Å². The van der Waals surface area contributed by atoms with E-state index in [-0.39, 0.29) is 5.41 Å². The van der Waals surface area contributed by atoms with Gasteiger partial charge in [0, 0.05) is 0 Å². The largest absolute Gasteiger partial charge is 0.198 e. The minimum atomic E-state index is -0.253. The van der Waals surface area contributed by atoms with Gasteiger partial charge in [0.2, 0.25) is 0 Å². The van der Waals surface area contributed by atoms with E-state index in [0.717, 1.165) is 19.3 Å². The number of rotatable bonds is 6. The van der Waals surface area contributed by atoms with Gasteiger partial charge in [0.1, 0.15) is 0 Å². The first-order chi connectivity index (χ1) is 6.96. The summed E-state index contributed by atoms with van der Waals surface area (Å²) < 4.78 is 0. The Kier molecular flexibility index (Phi) is 6.01. The van der Waals surface area contributed by atoms with Crippen LogP contribution in [0.15, 0.2) is 24.3 Å². The average Bonchev–Trinajstić information content (AvgIpc) is 2.17. The van der Waals surface area contributed by atoms with E-state index in [1.54, 1.807) is 0 Å². The van der Waals surface area contributed by atoms with Crippen LogP contribution in [0.25, 0.3) is 0 Å². The summed E-state index contributed by atoms with van der Waals surface area (Å²) in [7, 11) is 0. The summed E-state index contributed by atoms with van der Waals surface area (Å²) in [6.45, 7) is 12.1. The van der Waals surface area contributed by atoms with Crippen molar-refractivity contribution in [2.24, 2.45) is 11.3 Å². The molecule has 0 amide bonds. The molecule has 0 heterocycles. The molecule has 0 aliphatic carbocycles. The van der Waals surface area contributed by atoms with Gasteiger partial charge in [-0.1, -0.05) is 24.6 Å². The summed E-state index contributed by atoms with van der Waals surface area (Å²) in [5, 5.41) is 9.18. The van der Waals surface area contributed by atoms with Crippen LogP contribution in [-0.4, -0.2) is 0 Å². The van der Waals surface area contributed by atoms with E-state index >= 15 is 0 Å². The van der Waals surface area contributed by atoms with Crippen LogP contribution in [0.2, 0.25) is 0 Å². The highest BCUT2D eigenvalue weighted by molar-refractivity contribution is 5.03. The zero-order valence-corrected chi connectivity index (χ0v) is 10.5. The van der Waals surface area contributed by atoms with E-state index < -0.39 is 0 Å². The first kappa shape index (κ1) is 14.0. The van der Waals surface area contributed by atoms with E-state index in [1.807, 2.05) is 13.0 Å². The Morgan fingerprint density at radius 3 is 2.53 bits per heavy atom. The lowest BCUT2D eigenvalue weighted by molar-refractivity contribution is 0.275. The van der Waals surface area contributed by atoms with Crippen LogP contribution in [-0.2, 0) is 0 Å². The topological polar surface area (TPSA) is 23.8 Å². The third-order valence-electron chi connectivity index (χ3n) is 3.06. The van der Waals surface area contributed by atoms with Gasteiger partial charge in [0.05, 0.1) is 11.5 Å². The number of allylic oxidation sites excluding steroid dienone is 3. The van der Waals surface area contributed by atoms with Crippen molar-refractivity contribution in [3.63, 3.8) is 0 Å². The molecule has 0 aromatic carbocycles. The Bertz CT molecular complexity index is 266. The molecule has 1 heteroatoms. The molecule has 0 aromatic heterocycles. The Balaban J connectivity index is 4.29. The Morgan fingerprint density at radius 1 is 1.53 bits per heavy atom. The predicted octanol–water partition coefficient (Wildman–Crippen LogP) is 4.47. The van der Waals surface area contributed by atoms with Crippen molar-refractivity contribution < 1.29 is 0 Å². The lowest BCUT2D eigenvalue weighted by Crippen LogP contribution is -2.22. The molecule has 0 aromatic rings. The molecule has 0 spiro atoms. The fourth-order valence-corrected chi connectivity index (χ4v) is 1.60. The first-order valence-electron chi connectivity index (χ1n) is 5.61. The van der Waals surface area contributed by atoms with Crippen molar-refractivity contribution >= 4 is 0 Å². The van der Waals surface area contributed by atoms with Gasteiger partial charge in [0.15, 0.2) is 0 Å². The molecule has 0 aliphatic heterocycles. The van der Waals surface area contributed by atoms with Crippen molar-refractivity contribution in [3.8, 4) is 6.07 Å². The summed E-state index contributed by atoms with van der Waals surface area (Å²) in [6, 6.07) is 2.43. The van der Waals surface area contributed by atoms with E-state index in [9.17, 15) is 5.26 Å². The van der Waals surface area contributed by atoms with Gasteiger partial charge >= 0.3 is 0 Å². The summed E-state index contributed by atoms with van der Waals surface area (Å²) in [5.41, 5.74) is 1.10. The highest BCUT2D eigenvalue weighted by Crippen LogP contribution is 2.33. The molecule has 2 atom stereocenters. The molecule has 0 fully saturated rings. The van der Waals surface area contributed by atoms with Gasteiger partial charge < -0.3 is 0 Å². The molecule has 0 rings (SSSR count). The maximum Gasteiger partial charge on any atom is 0.0692 e. The predicted molar refractivity (Wildman–Crippen MR) is 66.4 cm³/mol. The van der Waals surface area contributed by atoms with Crippen LogP contribution in [0, 0.1) is 22.7 Å². The van der Waals surface area contributed by atoms with Crippen molar-refractivity contribution in [1.82, 2.24) is 0 Å². The van der Waals surface area contributed by atoms with Gasteiger partial charge in [-0.2, -0.15) is 5.26 Å². The molecule has 0 N–H and O–H groups in total. The molecule has 0 radical (unpaired) electrons. The quantitative estimate of drug-likeness (QED) is 0.587. The van der Waals surface area contributed by atoms with Gasteiger partial charge in [-0.3, -0.25) is 0 Å². The highest BCUT2D eigenvalue weighted by Gasteiger charge is 2.28. The Morgan fingerprint density at radius 2 is 2.13 bits per heavy atom.